The zero-order valence-corrected chi connectivity index (χ0v) is 29.1. The van der Waals surface area contributed by atoms with E-state index in [-0.39, 0.29) is 11.6 Å². The van der Waals surface area contributed by atoms with Crippen molar-refractivity contribution in [3.05, 3.63) is 198 Å². The van der Waals surface area contributed by atoms with Crippen LogP contribution in [0, 0.1) is 0 Å². The smallest absolute Gasteiger partial charge is 0.159 e. The number of hydrogen-bond donors (Lipinski definition) is 1. The molecule has 248 valence electrons. The molecule has 52 heavy (non-hydrogen) atoms. The average molecular weight is 669 g/mol. The molecule has 1 N–H and O–H groups in total. The van der Waals surface area contributed by atoms with Gasteiger partial charge in [-0.3, -0.25) is 0 Å². The maximum atomic E-state index is 5.23. The van der Waals surface area contributed by atoms with E-state index in [0.717, 1.165) is 28.2 Å². The maximum Gasteiger partial charge on any atom is 0.159 e. The van der Waals surface area contributed by atoms with Gasteiger partial charge in [0.15, 0.2) is 5.84 Å². The monoisotopic (exact) mass is 668 g/mol. The average Bonchev–Trinajstić information content (AvgIpc) is 3.67. The summed E-state index contributed by atoms with van der Waals surface area (Å²) >= 11 is 0. The molecule has 1 atom stereocenters. The van der Waals surface area contributed by atoms with Gasteiger partial charge in [-0.25, -0.2) is 9.98 Å². The van der Waals surface area contributed by atoms with E-state index in [1.807, 2.05) is 12.1 Å². The lowest BCUT2D eigenvalue weighted by molar-refractivity contribution is 0.661. The van der Waals surface area contributed by atoms with Gasteiger partial charge < -0.3 is 9.88 Å². The van der Waals surface area contributed by atoms with Crippen LogP contribution in [-0.2, 0) is 5.41 Å². The van der Waals surface area contributed by atoms with Crippen molar-refractivity contribution in [2.75, 3.05) is 0 Å². The van der Waals surface area contributed by atoms with Crippen molar-refractivity contribution in [2.45, 2.75) is 25.4 Å². The van der Waals surface area contributed by atoms with E-state index in [4.69, 9.17) is 9.98 Å². The Bertz CT molecular complexity index is 2720. The molecule has 1 aliphatic heterocycles. The number of fused-ring (bicyclic) bond motifs is 7. The Morgan fingerprint density at radius 1 is 0.558 bits per heavy atom. The normalized spacial score (nSPS) is 15.8. The van der Waals surface area contributed by atoms with Crippen molar-refractivity contribution in [3.8, 4) is 27.9 Å². The molecule has 8 aromatic rings. The minimum atomic E-state index is -0.281. The fourth-order valence-electron chi connectivity index (χ4n) is 8.28. The highest BCUT2D eigenvalue weighted by atomic mass is 15.2. The van der Waals surface area contributed by atoms with E-state index in [1.165, 1.54) is 55.2 Å². The largest absolute Gasteiger partial charge is 0.344 e. The van der Waals surface area contributed by atoms with E-state index in [0.29, 0.717) is 5.84 Å². The van der Waals surface area contributed by atoms with Crippen LogP contribution in [0.1, 0.15) is 47.8 Å². The van der Waals surface area contributed by atoms with Crippen LogP contribution in [0.15, 0.2) is 180 Å². The molecule has 4 heteroatoms. The SMILES string of the molecule is CC1(C)c2ccccc2-c2c1ccc1c3ccccc3n(-c3cccc(C4=NC(c5ccccc5)NC(c5ccc(-c6ccccc6)cc5)=N4)c3)c21. The molecule has 2 aliphatic rings. The van der Waals surface area contributed by atoms with Gasteiger partial charge in [-0.05, 0) is 51.6 Å². The van der Waals surface area contributed by atoms with Gasteiger partial charge in [0.2, 0.25) is 0 Å². The molecule has 10 rings (SSSR count). The zero-order valence-electron chi connectivity index (χ0n) is 29.1. The van der Waals surface area contributed by atoms with Crippen LogP contribution in [0.2, 0.25) is 0 Å². The third-order valence-corrected chi connectivity index (χ3v) is 10.9. The molecule has 0 saturated carbocycles. The van der Waals surface area contributed by atoms with Crippen molar-refractivity contribution in [2.24, 2.45) is 9.98 Å². The first-order chi connectivity index (χ1) is 25.5. The van der Waals surface area contributed by atoms with Crippen molar-refractivity contribution >= 4 is 33.5 Å². The lowest BCUT2D eigenvalue weighted by Crippen LogP contribution is -2.33. The standard InChI is InChI=1S/C48H36N4/c1-48(2)40-22-11-9-21-39(40)43-41(48)29-28-38-37-20-10-12-23-42(37)52(44(38)43)36-19-13-18-35(30-36)47-50-45(33-16-7-4-8-17-33)49-46(51-47)34-26-24-32(25-27-34)31-14-5-3-6-15-31/h3-30,45H,1-2H3,(H,49,50,51). The molecule has 0 saturated heterocycles. The second-order valence-corrected chi connectivity index (χ2v) is 14.3. The lowest BCUT2D eigenvalue weighted by Gasteiger charge is -2.24. The molecule has 1 unspecified atom stereocenters. The number of rotatable bonds is 5. The summed E-state index contributed by atoms with van der Waals surface area (Å²) in [5.74, 6) is 1.51. The van der Waals surface area contributed by atoms with Gasteiger partial charge in [0.05, 0.1) is 11.0 Å². The van der Waals surface area contributed by atoms with Crippen molar-refractivity contribution in [1.29, 1.82) is 0 Å². The van der Waals surface area contributed by atoms with Gasteiger partial charge in [-0.15, -0.1) is 0 Å². The molecule has 0 amide bonds. The lowest BCUT2D eigenvalue weighted by atomic mass is 9.82. The molecule has 0 bridgehead atoms. The van der Waals surface area contributed by atoms with E-state index in [1.54, 1.807) is 0 Å². The van der Waals surface area contributed by atoms with E-state index in [9.17, 15) is 0 Å². The quantitative estimate of drug-likeness (QED) is 0.195. The molecule has 7 aromatic carbocycles. The summed E-state index contributed by atoms with van der Waals surface area (Å²) in [6.45, 7) is 4.70. The molecule has 1 aliphatic carbocycles. The Morgan fingerprint density at radius 2 is 1.23 bits per heavy atom. The van der Waals surface area contributed by atoms with Crippen LogP contribution in [0.25, 0.3) is 49.7 Å². The van der Waals surface area contributed by atoms with E-state index >= 15 is 0 Å². The number of benzene rings is 7. The number of nitrogens with one attached hydrogen (secondary N) is 1. The number of hydrogen-bond acceptors (Lipinski definition) is 3. The van der Waals surface area contributed by atoms with Crippen LogP contribution in [0.3, 0.4) is 0 Å². The second-order valence-electron chi connectivity index (χ2n) is 14.3. The summed E-state index contributed by atoms with van der Waals surface area (Å²) in [6.07, 6.45) is -0.281. The van der Waals surface area contributed by atoms with Crippen LogP contribution in [0.4, 0.5) is 0 Å². The van der Waals surface area contributed by atoms with Crippen molar-refractivity contribution in [3.63, 3.8) is 0 Å². The Morgan fingerprint density at radius 3 is 2.06 bits per heavy atom. The third-order valence-electron chi connectivity index (χ3n) is 10.9. The van der Waals surface area contributed by atoms with Gasteiger partial charge >= 0.3 is 0 Å². The fourth-order valence-corrected chi connectivity index (χ4v) is 8.28. The van der Waals surface area contributed by atoms with Crippen LogP contribution >= 0.6 is 0 Å². The van der Waals surface area contributed by atoms with Crippen molar-refractivity contribution < 1.29 is 0 Å². The predicted molar refractivity (Wildman–Crippen MR) is 216 cm³/mol. The minimum Gasteiger partial charge on any atom is -0.344 e. The molecular weight excluding hydrogens is 633 g/mol. The summed E-state index contributed by atoms with van der Waals surface area (Å²) in [5.41, 5.74) is 14.2. The Kier molecular flexibility index (Phi) is 6.87. The highest BCUT2D eigenvalue weighted by Crippen LogP contribution is 2.52. The summed E-state index contributed by atoms with van der Waals surface area (Å²) in [6, 6.07) is 60.6. The zero-order chi connectivity index (χ0) is 34.8. The summed E-state index contributed by atoms with van der Waals surface area (Å²) in [5, 5.41) is 6.14. The Hall–Kier alpha value is -6.52. The first-order valence-corrected chi connectivity index (χ1v) is 18.0. The number of nitrogens with zero attached hydrogens (tertiary/aromatic N) is 3. The van der Waals surface area contributed by atoms with Crippen LogP contribution < -0.4 is 5.32 Å². The predicted octanol–water partition coefficient (Wildman–Crippen LogP) is 11.3. The Labute approximate surface area is 303 Å². The maximum absolute atomic E-state index is 5.23. The second kappa shape index (κ2) is 11.8. The molecule has 1 aromatic heterocycles. The fraction of sp³-hybridized carbons (Fsp3) is 0.0833. The van der Waals surface area contributed by atoms with Crippen LogP contribution in [-0.4, -0.2) is 16.2 Å². The molecule has 4 nitrogen and oxygen atoms in total. The number of amidine groups is 2. The van der Waals surface area contributed by atoms with Gasteiger partial charge in [0.25, 0.3) is 0 Å². The topological polar surface area (TPSA) is 41.7 Å². The number of aromatic nitrogens is 1. The Balaban J connectivity index is 1.14. The van der Waals surface area contributed by atoms with Gasteiger partial charge in [0, 0.05) is 38.6 Å². The highest BCUT2D eigenvalue weighted by Gasteiger charge is 2.37. The summed E-state index contributed by atoms with van der Waals surface area (Å²) < 4.78 is 2.45. The third kappa shape index (κ3) is 4.75. The van der Waals surface area contributed by atoms with Crippen molar-refractivity contribution in [1.82, 2.24) is 9.88 Å². The number of para-hydroxylation sites is 1. The van der Waals surface area contributed by atoms with Gasteiger partial charge in [-0.2, -0.15) is 0 Å². The number of aliphatic imine (C=N–C) groups is 2. The molecule has 0 radical (unpaired) electrons. The minimum absolute atomic E-state index is 0.0933. The molecular formula is C48H36N4. The summed E-state index contributed by atoms with van der Waals surface area (Å²) in [4.78, 5) is 10.4. The molecule has 0 fully saturated rings. The first kappa shape index (κ1) is 30.3. The van der Waals surface area contributed by atoms with Crippen LogP contribution in [0.5, 0.6) is 0 Å². The van der Waals surface area contributed by atoms with Gasteiger partial charge in [0.1, 0.15) is 12.0 Å². The van der Waals surface area contributed by atoms with Gasteiger partial charge in [-0.1, -0.05) is 166 Å². The summed E-state index contributed by atoms with van der Waals surface area (Å²) in [7, 11) is 0. The molecule has 0 spiro atoms. The van der Waals surface area contributed by atoms with E-state index in [2.05, 4.69) is 181 Å². The van der Waals surface area contributed by atoms with E-state index < -0.39 is 0 Å². The first-order valence-electron chi connectivity index (χ1n) is 18.0. The highest BCUT2D eigenvalue weighted by molar-refractivity contribution is 6.16. The molecule has 2 heterocycles.